The van der Waals surface area contributed by atoms with Crippen molar-refractivity contribution < 1.29 is 9.53 Å². The Morgan fingerprint density at radius 3 is 3.00 bits per heavy atom. The van der Waals surface area contributed by atoms with E-state index in [0.29, 0.717) is 13.2 Å². The van der Waals surface area contributed by atoms with Crippen LogP contribution in [0.15, 0.2) is 12.4 Å². The van der Waals surface area contributed by atoms with Crippen LogP contribution in [-0.4, -0.2) is 64.4 Å². The van der Waals surface area contributed by atoms with Gasteiger partial charge in [0.05, 0.1) is 12.8 Å². The molecule has 3 heterocycles. The summed E-state index contributed by atoms with van der Waals surface area (Å²) in [5.41, 5.74) is 0.567. The van der Waals surface area contributed by atoms with Crippen molar-refractivity contribution in [2.45, 2.75) is 44.9 Å². The molecule has 0 aliphatic carbocycles. The minimum atomic E-state index is -0.635. The number of aryl methyl sites for hydroxylation is 1. The first-order chi connectivity index (χ1) is 10.6. The Hall–Kier alpha value is -1.40. The average Bonchev–Trinajstić information content (AvgIpc) is 2.93. The second-order valence-corrected chi connectivity index (χ2v) is 6.44. The second-order valence-electron chi connectivity index (χ2n) is 6.44. The zero-order valence-electron chi connectivity index (χ0n) is 13.6. The van der Waals surface area contributed by atoms with E-state index in [9.17, 15) is 4.79 Å². The van der Waals surface area contributed by atoms with Gasteiger partial charge in [-0.15, -0.1) is 0 Å². The van der Waals surface area contributed by atoms with Crippen LogP contribution in [0.2, 0.25) is 0 Å². The lowest BCUT2D eigenvalue weighted by atomic mass is 9.94. The molecular weight excluding hydrogens is 280 g/mol. The standard InChI is InChI=1S/C16H26N4O2/c1-3-20-12-14(10-17-20)11-19-8-9-22-16(13-19)6-4-5-7-18(2)15(16)21/h10,12H,3-9,11,13H2,1-2H3. The SMILES string of the molecule is CCn1cc(CN2CCOC3(CCCCN(C)C3=O)C2)cn1. The van der Waals surface area contributed by atoms with Gasteiger partial charge >= 0.3 is 0 Å². The van der Waals surface area contributed by atoms with E-state index in [1.807, 2.05) is 22.8 Å². The Kier molecular flexibility index (Phi) is 4.49. The Morgan fingerprint density at radius 2 is 2.23 bits per heavy atom. The van der Waals surface area contributed by atoms with E-state index in [4.69, 9.17) is 4.74 Å². The van der Waals surface area contributed by atoms with Gasteiger partial charge in [0.25, 0.3) is 5.91 Å². The smallest absolute Gasteiger partial charge is 0.255 e. The molecule has 1 amide bonds. The van der Waals surface area contributed by atoms with Gasteiger partial charge in [0.1, 0.15) is 0 Å². The number of rotatable bonds is 3. The monoisotopic (exact) mass is 306 g/mol. The summed E-state index contributed by atoms with van der Waals surface area (Å²) >= 11 is 0. The molecule has 0 aromatic carbocycles. The maximum atomic E-state index is 12.7. The first kappa shape index (κ1) is 15.5. The topological polar surface area (TPSA) is 50.6 Å². The third-order valence-corrected chi connectivity index (χ3v) is 4.74. The molecule has 3 rings (SSSR count). The van der Waals surface area contributed by atoms with Crippen molar-refractivity contribution in [2.75, 3.05) is 33.3 Å². The molecule has 1 aromatic rings. The molecule has 1 atom stereocenters. The van der Waals surface area contributed by atoms with Crippen molar-refractivity contribution in [3.63, 3.8) is 0 Å². The van der Waals surface area contributed by atoms with Gasteiger partial charge in [0.2, 0.25) is 0 Å². The van der Waals surface area contributed by atoms with E-state index in [0.717, 1.165) is 45.4 Å². The van der Waals surface area contributed by atoms with Crippen molar-refractivity contribution in [3.8, 4) is 0 Å². The Bertz CT molecular complexity index is 530. The molecule has 1 unspecified atom stereocenters. The molecular formula is C16H26N4O2. The first-order valence-corrected chi connectivity index (χ1v) is 8.26. The summed E-state index contributed by atoms with van der Waals surface area (Å²) < 4.78 is 7.95. The molecule has 0 N–H and O–H groups in total. The molecule has 0 bridgehead atoms. The van der Waals surface area contributed by atoms with Gasteiger partial charge < -0.3 is 9.64 Å². The molecule has 2 saturated heterocycles. The largest absolute Gasteiger partial charge is 0.362 e. The van der Waals surface area contributed by atoms with Crippen LogP contribution in [0.3, 0.4) is 0 Å². The van der Waals surface area contributed by atoms with E-state index in [1.165, 1.54) is 5.56 Å². The maximum Gasteiger partial charge on any atom is 0.255 e. The lowest BCUT2D eigenvalue weighted by Crippen LogP contribution is -2.59. The van der Waals surface area contributed by atoms with Crippen LogP contribution in [-0.2, 0) is 22.6 Å². The fourth-order valence-electron chi connectivity index (χ4n) is 3.51. The summed E-state index contributed by atoms with van der Waals surface area (Å²) in [4.78, 5) is 16.9. The van der Waals surface area contributed by atoms with Crippen molar-refractivity contribution in [1.29, 1.82) is 0 Å². The second kappa shape index (κ2) is 6.38. The molecule has 6 nitrogen and oxygen atoms in total. The predicted octanol–water partition coefficient (Wildman–Crippen LogP) is 1.12. The lowest BCUT2D eigenvalue weighted by Gasteiger charge is -2.42. The highest BCUT2D eigenvalue weighted by Gasteiger charge is 2.45. The number of amides is 1. The van der Waals surface area contributed by atoms with Crippen molar-refractivity contribution in [1.82, 2.24) is 19.6 Å². The Morgan fingerprint density at radius 1 is 1.36 bits per heavy atom. The summed E-state index contributed by atoms with van der Waals surface area (Å²) in [6, 6.07) is 0. The minimum absolute atomic E-state index is 0.152. The number of hydrogen-bond donors (Lipinski definition) is 0. The molecule has 122 valence electrons. The van der Waals surface area contributed by atoms with Gasteiger partial charge in [0.15, 0.2) is 5.60 Å². The van der Waals surface area contributed by atoms with Crippen LogP contribution in [0.4, 0.5) is 0 Å². The summed E-state index contributed by atoms with van der Waals surface area (Å²) in [5.74, 6) is 0.152. The van der Waals surface area contributed by atoms with Crippen LogP contribution in [0, 0.1) is 0 Å². The van der Waals surface area contributed by atoms with Crippen LogP contribution < -0.4 is 0 Å². The van der Waals surface area contributed by atoms with Crippen LogP contribution in [0.25, 0.3) is 0 Å². The van der Waals surface area contributed by atoms with Crippen LogP contribution in [0.5, 0.6) is 0 Å². The zero-order chi connectivity index (χ0) is 15.6. The highest BCUT2D eigenvalue weighted by atomic mass is 16.5. The number of carbonyl (C=O) groups excluding carboxylic acids is 1. The van der Waals surface area contributed by atoms with Crippen molar-refractivity contribution in [3.05, 3.63) is 18.0 Å². The van der Waals surface area contributed by atoms with Gasteiger partial charge in [-0.3, -0.25) is 14.4 Å². The van der Waals surface area contributed by atoms with Crippen LogP contribution in [0.1, 0.15) is 31.7 Å². The fraction of sp³-hybridized carbons (Fsp3) is 0.750. The summed E-state index contributed by atoms with van der Waals surface area (Å²) in [6.07, 6.45) is 6.96. The summed E-state index contributed by atoms with van der Waals surface area (Å²) in [7, 11) is 1.89. The molecule has 1 spiro atoms. The van der Waals surface area contributed by atoms with Crippen LogP contribution >= 0.6 is 0 Å². The van der Waals surface area contributed by atoms with Gasteiger partial charge in [0, 0.05) is 51.5 Å². The maximum absolute atomic E-state index is 12.7. The zero-order valence-corrected chi connectivity index (χ0v) is 13.6. The number of aromatic nitrogens is 2. The highest BCUT2D eigenvalue weighted by Crippen LogP contribution is 2.29. The van der Waals surface area contributed by atoms with Gasteiger partial charge in [-0.25, -0.2) is 0 Å². The van der Waals surface area contributed by atoms with E-state index < -0.39 is 5.60 Å². The van der Waals surface area contributed by atoms with E-state index in [-0.39, 0.29) is 5.91 Å². The normalized spacial score (nSPS) is 27.4. The molecule has 2 aliphatic heterocycles. The quantitative estimate of drug-likeness (QED) is 0.839. The average molecular weight is 306 g/mol. The van der Waals surface area contributed by atoms with Gasteiger partial charge in [-0.2, -0.15) is 5.10 Å². The van der Waals surface area contributed by atoms with Crippen molar-refractivity contribution >= 4 is 5.91 Å². The number of carbonyl (C=O) groups is 1. The number of likely N-dealkylation sites (tertiary alicyclic amines) is 1. The Balaban J connectivity index is 1.71. The Labute approximate surface area is 132 Å². The summed E-state index contributed by atoms with van der Waals surface area (Å²) in [6.45, 7) is 6.83. The molecule has 0 saturated carbocycles. The first-order valence-electron chi connectivity index (χ1n) is 8.26. The number of morpholine rings is 1. The van der Waals surface area contributed by atoms with Gasteiger partial charge in [-0.1, -0.05) is 0 Å². The third kappa shape index (κ3) is 3.03. The molecule has 2 fully saturated rings. The number of likely N-dealkylation sites (N-methyl/N-ethyl adjacent to an activating group) is 1. The van der Waals surface area contributed by atoms with E-state index in [2.05, 4.69) is 23.1 Å². The van der Waals surface area contributed by atoms with Gasteiger partial charge in [-0.05, 0) is 26.2 Å². The molecule has 6 heteroatoms. The molecule has 1 aromatic heterocycles. The number of ether oxygens (including phenoxy) is 1. The minimum Gasteiger partial charge on any atom is -0.362 e. The molecule has 22 heavy (non-hydrogen) atoms. The molecule has 2 aliphatic rings. The lowest BCUT2D eigenvalue weighted by molar-refractivity contribution is -0.169. The fourth-order valence-corrected chi connectivity index (χ4v) is 3.51. The predicted molar refractivity (Wildman–Crippen MR) is 83.3 cm³/mol. The third-order valence-electron chi connectivity index (χ3n) is 4.74. The molecule has 0 radical (unpaired) electrons. The summed E-state index contributed by atoms with van der Waals surface area (Å²) in [5, 5.41) is 4.33. The number of hydrogen-bond acceptors (Lipinski definition) is 4. The number of nitrogens with zero attached hydrogens (tertiary/aromatic N) is 4. The van der Waals surface area contributed by atoms with Crippen molar-refractivity contribution in [2.24, 2.45) is 0 Å². The van der Waals surface area contributed by atoms with E-state index >= 15 is 0 Å². The highest BCUT2D eigenvalue weighted by molar-refractivity contribution is 5.85. The van der Waals surface area contributed by atoms with E-state index in [1.54, 1.807) is 0 Å².